The Morgan fingerprint density at radius 1 is 0.944 bits per heavy atom. The molecule has 2 heterocycles. The summed E-state index contributed by atoms with van der Waals surface area (Å²) >= 11 is 0. The highest BCUT2D eigenvalue weighted by molar-refractivity contribution is 5.96. The fraction of sp³-hybridized carbons (Fsp3) is 0.125. The molecule has 2 aromatic heterocycles. The summed E-state index contributed by atoms with van der Waals surface area (Å²) in [5.41, 5.74) is 6.56. The van der Waals surface area contributed by atoms with E-state index in [0.717, 1.165) is 12.8 Å². The number of fused-ring (bicyclic) bond motifs is 2. The standard InChI is InChI=1S/C16H14N2/c1-3-7-15-11(5-1)13(9-17-15)14-10-18-16-8-4-2-6-12(14)16/h1,3-5,7-10,17-18H,2,6H2. The first-order valence-corrected chi connectivity index (χ1v) is 6.37. The van der Waals surface area contributed by atoms with Crippen LogP contribution < -0.4 is 0 Å². The Kier molecular flexibility index (Phi) is 1.97. The van der Waals surface area contributed by atoms with Gasteiger partial charge < -0.3 is 9.97 Å². The molecule has 0 saturated heterocycles. The van der Waals surface area contributed by atoms with Crippen molar-refractivity contribution in [3.63, 3.8) is 0 Å². The van der Waals surface area contributed by atoms with Gasteiger partial charge in [-0.15, -0.1) is 0 Å². The highest BCUT2D eigenvalue weighted by Crippen LogP contribution is 2.34. The second kappa shape index (κ2) is 3.64. The van der Waals surface area contributed by atoms with Gasteiger partial charge in [0.1, 0.15) is 0 Å². The predicted octanol–water partition coefficient (Wildman–Crippen LogP) is 4.12. The van der Waals surface area contributed by atoms with E-state index in [1.807, 2.05) is 0 Å². The van der Waals surface area contributed by atoms with Gasteiger partial charge in [-0.2, -0.15) is 0 Å². The summed E-state index contributed by atoms with van der Waals surface area (Å²) in [4.78, 5) is 6.73. The first-order chi connectivity index (χ1) is 8.93. The molecule has 4 rings (SSSR count). The average molecular weight is 234 g/mol. The van der Waals surface area contributed by atoms with Crippen molar-refractivity contribution < 1.29 is 0 Å². The Hall–Kier alpha value is -2.22. The summed E-state index contributed by atoms with van der Waals surface area (Å²) in [6.45, 7) is 0. The molecule has 2 nitrogen and oxygen atoms in total. The minimum Gasteiger partial charge on any atom is -0.361 e. The topological polar surface area (TPSA) is 31.6 Å². The molecule has 0 radical (unpaired) electrons. The fourth-order valence-corrected chi connectivity index (χ4v) is 2.85. The summed E-state index contributed by atoms with van der Waals surface area (Å²) in [6.07, 6.45) is 10.9. The number of hydrogen-bond acceptors (Lipinski definition) is 0. The van der Waals surface area contributed by atoms with Gasteiger partial charge >= 0.3 is 0 Å². The maximum Gasteiger partial charge on any atom is 0.0460 e. The third-order valence-corrected chi connectivity index (χ3v) is 3.75. The molecule has 0 unspecified atom stereocenters. The van der Waals surface area contributed by atoms with Crippen molar-refractivity contribution in [3.8, 4) is 11.1 Å². The molecule has 0 atom stereocenters. The lowest BCUT2D eigenvalue weighted by molar-refractivity contribution is 0.987. The van der Waals surface area contributed by atoms with Crippen LogP contribution in [0.15, 0.2) is 42.7 Å². The molecule has 2 N–H and O–H groups in total. The van der Waals surface area contributed by atoms with E-state index in [-0.39, 0.29) is 0 Å². The highest BCUT2D eigenvalue weighted by Gasteiger charge is 2.15. The number of allylic oxidation sites excluding steroid dienone is 1. The second-order valence-corrected chi connectivity index (χ2v) is 4.78. The lowest BCUT2D eigenvalue weighted by Crippen LogP contribution is -1.92. The molecular formula is C16H14N2. The molecule has 88 valence electrons. The van der Waals surface area contributed by atoms with Gasteiger partial charge in [0.15, 0.2) is 0 Å². The van der Waals surface area contributed by atoms with E-state index in [9.17, 15) is 0 Å². The van der Waals surface area contributed by atoms with Crippen molar-refractivity contribution >= 4 is 17.0 Å². The normalized spacial score (nSPS) is 14.0. The maximum absolute atomic E-state index is 3.38. The van der Waals surface area contributed by atoms with Crippen LogP contribution in [-0.2, 0) is 6.42 Å². The molecule has 1 aromatic carbocycles. The van der Waals surface area contributed by atoms with Gasteiger partial charge in [0, 0.05) is 40.1 Å². The molecule has 0 bridgehead atoms. The van der Waals surface area contributed by atoms with Crippen LogP contribution in [0.4, 0.5) is 0 Å². The van der Waals surface area contributed by atoms with Crippen molar-refractivity contribution in [1.29, 1.82) is 0 Å². The quantitative estimate of drug-likeness (QED) is 0.634. The Morgan fingerprint density at radius 2 is 1.83 bits per heavy atom. The fourth-order valence-electron chi connectivity index (χ4n) is 2.85. The number of hydrogen-bond donors (Lipinski definition) is 2. The molecular weight excluding hydrogens is 220 g/mol. The molecule has 3 aromatic rings. The lowest BCUT2D eigenvalue weighted by Gasteiger charge is -2.07. The predicted molar refractivity (Wildman–Crippen MR) is 75.4 cm³/mol. The van der Waals surface area contributed by atoms with Crippen LogP contribution in [0, 0.1) is 0 Å². The largest absolute Gasteiger partial charge is 0.361 e. The van der Waals surface area contributed by atoms with Crippen LogP contribution in [0.3, 0.4) is 0 Å². The van der Waals surface area contributed by atoms with E-state index in [4.69, 9.17) is 0 Å². The van der Waals surface area contributed by atoms with Crippen molar-refractivity contribution in [2.45, 2.75) is 12.8 Å². The molecule has 2 heteroatoms. The smallest absolute Gasteiger partial charge is 0.0460 e. The summed E-state index contributed by atoms with van der Waals surface area (Å²) < 4.78 is 0. The number of H-pyrrole nitrogens is 2. The van der Waals surface area contributed by atoms with Crippen molar-refractivity contribution in [2.75, 3.05) is 0 Å². The maximum atomic E-state index is 3.38. The summed E-state index contributed by atoms with van der Waals surface area (Å²) in [5, 5.41) is 1.30. The van der Waals surface area contributed by atoms with E-state index >= 15 is 0 Å². The number of para-hydroxylation sites is 1. The Labute approximate surface area is 105 Å². The van der Waals surface area contributed by atoms with E-state index in [1.54, 1.807) is 0 Å². The summed E-state index contributed by atoms with van der Waals surface area (Å²) in [6, 6.07) is 8.47. The molecule has 1 aliphatic carbocycles. The number of aromatic nitrogens is 2. The molecule has 18 heavy (non-hydrogen) atoms. The number of rotatable bonds is 1. The van der Waals surface area contributed by atoms with Crippen molar-refractivity contribution in [3.05, 3.63) is 54.0 Å². The van der Waals surface area contributed by atoms with Crippen LogP contribution in [0.25, 0.3) is 28.1 Å². The third-order valence-electron chi connectivity index (χ3n) is 3.75. The van der Waals surface area contributed by atoms with Gasteiger partial charge in [-0.1, -0.05) is 24.3 Å². The monoisotopic (exact) mass is 234 g/mol. The van der Waals surface area contributed by atoms with Gasteiger partial charge in [-0.05, 0) is 30.5 Å². The van der Waals surface area contributed by atoms with E-state index < -0.39 is 0 Å². The summed E-state index contributed by atoms with van der Waals surface area (Å²) in [7, 11) is 0. The zero-order valence-corrected chi connectivity index (χ0v) is 10.0. The number of benzene rings is 1. The van der Waals surface area contributed by atoms with Gasteiger partial charge in [-0.3, -0.25) is 0 Å². The SMILES string of the molecule is C1=Cc2[nH]cc(-c3c[nH]c4ccccc34)c2CC1. The molecule has 0 fully saturated rings. The van der Waals surface area contributed by atoms with Crippen LogP contribution >= 0.6 is 0 Å². The van der Waals surface area contributed by atoms with Crippen LogP contribution in [0.2, 0.25) is 0 Å². The Morgan fingerprint density at radius 3 is 2.83 bits per heavy atom. The van der Waals surface area contributed by atoms with Gasteiger partial charge in [-0.25, -0.2) is 0 Å². The zero-order chi connectivity index (χ0) is 11.9. The van der Waals surface area contributed by atoms with Gasteiger partial charge in [0.2, 0.25) is 0 Å². The average Bonchev–Trinajstić information content (AvgIpc) is 3.01. The zero-order valence-electron chi connectivity index (χ0n) is 10.0. The minimum atomic E-state index is 1.13. The van der Waals surface area contributed by atoms with Crippen molar-refractivity contribution in [2.24, 2.45) is 0 Å². The molecule has 1 aliphatic rings. The van der Waals surface area contributed by atoms with Crippen LogP contribution in [0.5, 0.6) is 0 Å². The van der Waals surface area contributed by atoms with Gasteiger partial charge in [0.25, 0.3) is 0 Å². The van der Waals surface area contributed by atoms with Crippen LogP contribution in [0.1, 0.15) is 17.7 Å². The second-order valence-electron chi connectivity index (χ2n) is 4.78. The first kappa shape index (κ1) is 9.77. The number of nitrogens with one attached hydrogen (secondary N) is 2. The molecule has 0 spiro atoms. The van der Waals surface area contributed by atoms with Crippen molar-refractivity contribution in [1.82, 2.24) is 9.97 Å². The number of aromatic amines is 2. The summed E-state index contributed by atoms with van der Waals surface area (Å²) in [5.74, 6) is 0. The first-order valence-electron chi connectivity index (χ1n) is 6.37. The molecule has 0 amide bonds. The van der Waals surface area contributed by atoms with E-state index in [2.05, 4.69) is 58.8 Å². The highest BCUT2D eigenvalue weighted by atomic mass is 14.7. The van der Waals surface area contributed by atoms with E-state index in [0.29, 0.717) is 0 Å². The van der Waals surface area contributed by atoms with E-state index in [1.165, 1.54) is 33.3 Å². The van der Waals surface area contributed by atoms with Crippen LogP contribution in [-0.4, -0.2) is 9.97 Å². The van der Waals surface area contributed by atoms with Gasteiger partial charge in [0.05, 0.1) is 0 Å². The molecule has 0 aliphatic heterocycles. The Balaban J connectivity index is 1.98. The molecule has 0 saturated carbocycles. The minimum absolute atomic E-state index is 1.13. The lowest BCUT2D eigenvalue weighted by atomic mass is 9.96. The Bertz CT molecular complexity index is 743. The third kappa shape index (κ3) is 1.29.